The molecule has 1 aliphatic carbocycles. The molecule has 2 atom stereocenters. The highest BCUT2D eigenvalue weighted by atomic mass is 19.1. The van der Waals surface area contributed by atoms with Crippen molar-refractivity contribution in [1.82, 2.24) is 0 Å². The van der Waals surface area contributed by atoms with Crippen LogP contribution in [-0.2, 0) is 9.53 Å². The normalized spacial score (nSPS) is 21.3. The van der Waals surface area contributed by atoms with E-state index in [1.54, 1.807) is 0 Å². The minimum atomic E-state index is -0.427. The van der Waals surface area contributed by atoms with Crippen LogP contribution in [0.2, 0.25) is 0 Å². The summed E-state index contributed by atoms with van der Waals surface area (Å²) in [5, 5.41) is 0. The zero-order valence-electron chi connectivity index (χ0n) is 10.3. The standard InChI is InChI=1S/C13H15FO4/c1-16-12-6-9(3-4-11(12)14)18-7-8-5-10(8)13(15)17-2/h3-4,6,8,10H,5,7H2,1-2H3/t8-,10+/m0/s1. The third-order valence-corrected chi connectivity index (χ3v) is 3.01. The Morgan fingerprint density at radius 1 is 1.44 bits per heavy atom. The Morgan fingerprint density at radius 3 is 2.89 bits per heavy atom. The van der Waals surface area contributed by atoms with Crippen molar-refractivity contribution in [3.8, 4) is 11.5 Å². The fourth-order valence-corrected chi connectivity index (χ4v) is 1.81. The van der Waals surface area contributed by atoms with Gasteiger partial charge in [0.2, 0.25) is 0 Å². The average Bonchev–Trinajstić information content (AvgIpc) is 3.16. The maximum absolute atomic E-state index is 13.2. The van der Waals surface area contributed by atoms with Gasteiger partial charge in [-0.3, -0.25) is 4.79 Å². The number of carbonyl (C=O) groups is 1. The van der Waals surface area contributed by atoms with Crippen LogP contribution >= 0.6 is 0 Å². The second-order valence-corrected chi connectivity index (χ2v) is 4.23. The number of esters is 1. The SMILES string of the molecule is COC(=O)[C@@H]1C[C@H]1COc1ccc(F)c(OC)c1. The summed E-state index contributed by atoms with van der Waals surface area (Å²) in [6.07, 6.45) is 0.783. The van der Waals surface area contributed by atoms with Gasteiger partial charge >= 0.3 is 5.97 Å². The molecule has 0 amide bonds. The topological polar surface area (TPSA) is 44.8 Å². The van der Waals surface area contributed by atoms with Gasteiger partial charge < -0.3 is 14.2 Å². The van der Waals surface area contributed by atoms with E-state index < -0.39 is 5.82 Å². The Balaban J connectivity index is 1.86. The van der Waals surface area contributed by atoms with Gasteiger partial charge in [-0.05, 0) is 18.6 Å². The van der Waals surface area contributed by atoms with Gasteiger partial charge in [-0.25, -0.2) is 4.39 Å². The van der Waals surface area contributed by atoms with Crippen LogP contribution in [0.5, 0.6) is 11.5 Å². The van der Waals surface area contributed by atoms with Gasteiger partial charge in [0.05, 0.1) is 26.7 Å². The van der Waals surface area contributed by atoms with Crippen LogP contribution in [0.15, 0.2) is 18.2 Å². The lowest BCUT2D eigenvalue weighted by molar-refractivity contribution is -0.142. The molecule has 1 aliphatic rings. The van der Waals surface area contributed by atoms with Crippen LogP contribution in [0.1, 0.15) is 6.42 Å². The van der Waals surface area contributed by atoms with E-state index in [0.29, 0.717) is 12.4 Å². The Morgan fingerprint density at radius 2 is 2.22 bits per heavy atom. The Kier molecular flexibility index (Phi) is 3.69. The summed E-state index contributed by atoms with van der Waals surface area (Å²) in [5.74, 6) is 0.186. The number of carbonyl (C=O) groups excluding carboxylic acids is 1. The molecule has 0 aliphatic heterocycles. The molecular weight excluding hydrogens is 239 g/mol. The van der Waals surface area contributed by atoms with E-state index in [0.717, 1.165) is 6.42 Å². The molecule has 1 aromatic carbocycles. The number of benzene rings is 1. The monoisotopic (exact) mass is 254 g/mol. The molecule has 0 saturated heterocycles. The first kappa shape index (κ1) is 12.7. The summed E-state index contributed by atoms with van der Waals surface area (Å²) in [4.78, 5) is 11.2. The summed E-state index contributed by atoms with van der Waals surface area (Å²) in [5.41, 5.74) is 0. The number of hydrogen-bond donors (Lipinski definition) is 0. The highest BCUT2D eigenvalue weighted by Crippen LogP contribution is 2.39. The molecule has 0 unspecified atom stereocenters. The van der Waals surface area contributed by atoms with Crippen molar-refractivity contribution in [3.63, 3.8) is 0 Å². The van der Waals surface area contributed by atoms with Crippen molar-refractivity contribution < 1.29 is 23.4 Å². The fourth-order valence-electron chi connectivity index (χ4n) is 1.81. The summed E-state index contributed by atoms with van der Waals surface area (Å²) in [6.45, 7) is 0.425. The number of rotatable bonds is 5. The summed E-state index contributed by atoms with van der Waals surface area (Å²) in [7, 11) is 2.78. The van der Waals surface area contributed by atoms with Gasteiger partial charge in [0.1, 0.15) is 5.75 Å². The molecule has 5 heteroatoms. The third kappa shape index (κ3) is 2.72. The number of halogens is 1. The predicted molar refractivity (Wildman–Crippen MR) is 62.1 cm³/mol. The van der Waals surface area contributed by atoms with E-state index in [1.807, 2.05) is 0 Å². The Hall–Kier alpha value is -1.78. The van der Waals surface area contributed by atoms with E-state index >= 15 is 0 Å². The molecule has 98 valence electrons. The molecule has 0 aromatic heterocycles. The average molecular weight is 254 g/mol. The van der Waals surface area contributed by atoms with Crippen molar-refractivity contribution >= 4 is 5.97 Å². The predicted octanol–water partition coefficient (Wildman–Crippen LogP) is 2.02. The fraction of sp³-hybridized carbons (Fsp3) is 0.462. The van der Waals surface area contributed by atoms with Crippen molar-refractivity contribution in [2.75, 3.05) is 20.8 Å². The van der Waals surface area contributed by atoms with Crippen LogP contribution in [0.4, 0.5) is 4.39 Å². The zero-order valence-corrected chi connectivity index (χ0v) is 10.3. The summed E-state index contributed by atoms with van der Waals surface area (Å²) < 4.78 is 28.2. The van der Waals surface area contributed by atoms with E-state index in [9.17, 15) is 9.18 Å². The molecule has 2 rings (SSSR count). The summed E-state index contributed by atoms with van der Waals surface area (Å²) >= 11 is 0. The van der Waals surface area contributed by atoms with Crippen molar-refractivity contribution in [1.29, 1.82) is 0 Å². The van der Waals surface area contributed by atoms with Crippen molar-refractivity contribution in [3.05, 3.63) is 24.0 Å². The van der Waals surface area contributed by atoms with Crippen LogP contribution in [0, 0.1) is 17.7 Å². The smallest absolute Gasteiger partial charge is 0.309 e. The van der Waals surface area contributed by atoms with Crippen LogP contribution in [-0.4, -0.2) is 26.8 Å². The number of ether oxygens (including phenoxy) is 3. The van der Waals surface area contributed by atoms with E-state index in [2.05, 4.69) is 4.74 Å². The van der Waals surface area contributed by atoms with Gasteiger partial charge in [-0.1, -0.05) is 0 Å². The largest absolute Gasteiger partial charge is 0.494 e. The number of methoxy groups -OCH3 is 2. The second kappa shape index (κ2) is 5.25. The maximum atomic E-state index is 13.2. The zero-order chi connectivity index (χ0) is 13.1. The minimum Gasteiger partial charge on any atom is -0.494 e. The van der Waals surface area contributed by atoms with Crippen molar-refractivity contribution in [2.24, 2.45) is 11.8 Å². The lowest BCUT2D eigenvalue weighted by Gasteiger charge is -2.08. The number of hydrogen-bond acceptors (Lipinski definition) is 4. The molecule has 0 N–H and O–H groups in total. The quantitative estimate of drug-likeness (QED) is 0.754. The first-order chi connectivity index (χ1) is 8.65. The Bertz CT molecular complexity index is 447. The third-order valence-electron chi connectivity index (χ3n) is 3.01. The van der Waals surface area contributed by atoms with Crippen LogP contribution in [0.25, 0.3) is 0 Å². The van der Waals surface area contributed by atoms with Crippen molar-refractivity contribution in [2.45, 2.75) is 6.42 Å². The molecule has 18 heavy (non-hydrogen) atoms. The van der Waals surface area contributed by atoms with E-state index in [4.69, 9.17) is 9.47 Å². The molecule has 1 aromatic rings. The molecule has 0 heterocycles. The van der Waals surface area contributed by atoms with Crippen LogP contribution < -0.4 is 9.47 Å². The summed E-state index contributed by atoms with van der Waals surface area (Å²) in [6, 6.07) is 4.32. The highest BCUT2D eigenvalue weighted by molar-refractivity contribution is 5.75. The lowest BCUT2D eigenvalue weighted by atomic mass is 10.3. The maximum Gasteiger partial charge on any atom is 0.309 e. The van der Waals surface area contributed by atoms with E-state index in [-0.39, 0.29) is 23.6 Å². The van der Waals surface area contributed by atoms with Gasteiger partial charge in [-0.2, -0.15) is 0 Å². The first-order valence-corrected chi connectivity index (χ1v) is 5.70. The second-order valence-electron chi connectivity index (χ2n) is 4.23. The molecule has 1 saturated carbocycles. The lowest BCUT2D eigenvalue weighted by Crippen LogP contribution is -2.08. The molecule has 0 radical (unpaired) electrons. The molecular formula is C13H15FO4. The highest BCUT2D eigenvalue weighted by Gasteiger charge is 2.44. The molecule has 0 spiro atoms. The molecule has 0 bridgehead atoms. The van der Waals surface area contributed by atoms with Gasteiger partial charge in [0.25, 0.3) is 0 Å². The van der Waals surface area contributed by atoms with E-state index in [1.165, 1.54) is 32.4 Å². The van der Waals surface area contributed by atoms with Gasteiger partial charge in [0.15, 0.2) is 11.6 Å². The van der Waals surface area contributed by atoms with Crippen LogP contribution in [0.3, 0.4) is 0 Å². The van der Waals surface area contributed by atoms with Gasteiger partial charge in [-0.15, -0.1) is 0 Å². The Labute approximate surface area is 105 Å². The minimum absolute atomic E-state index is 0.0580. The first-order valence-electron chi connectivity index (χ1n) is 5.70. The van der Waals surface area contributed by atoms with Gasteiger partial charge in [0, 0.05) is 12.0 Å². The molecule has 4 nitrogen and oxygen atoms in total. The molecule has 1 fully saturated rings.